The molecular weight excluding hydrogens is 322 g/mol. The molecule has 4 nitrogen and oxygen atoms in total. The summed E-state index contributed by atoms with van der Waals surface area (Å²) >= 11 is 3.65. The number of carbonyl (C=O) groups is 2. The van der Waals surface area contributed by atoms with Crippen LogP contribution in [0.25, 0.3) is 0 Å². The number of hydrogen-bond acceptors (Lipinski definition) is 3. The van der Waals surface area contributed by atoms with E-state index in [9.17, 15) is 9.59 Å². The van der Waals surface area contributed by atoms with Gasteiger partial charge in [0.2, 0.25) is 5.91 Å². The maximum Gasteiger partial charge on any atom is 0.310 e. The molecule has 0 unspecified atom stereocenters. The van der Waals surface area contributed by atoms with Gasteiger partial charge in [-0.05, 0) is 25.2 Å². The molecule has 0 aromatic heterocycles. The van der Waals surface area contributed by atoms with E-state index in [0.29, 0.717) is 6.04 Å². The van der Waals surface area contributed by atoms with Crippen molar-refractivity contribution in [2.24, 2.45) is 23.7 Å². The highest BCUT2D eigenvalue weighted by Gasteiger charge is 2.67. The minimum Gasteiger partial charge on any atom is -0.461 e. The topological polar surface area (TPSA) is 55.4 Å². The second-order valence-electron chi connectivity index (χ2n) is 6.80. The van der Waals surface area contributed by atoms with Crippen LogP contribution in [0.1, 0.15) is 38.5 Å². The number of hydrogen-bond donors (Lipinski definition) is 1. The highest BCUT2D eigenvalue weighted by atomic mass is 79.9. The molecule has 4 rings (SSSR count). The van der Waals surface area contributed by atoms with Gasteiger partial charge in [0.25, 0.3) is 0 Å². The molecule has 1 N–H and O–H groups in total. The molecule has 4 aliphatic rings. The predicted molar refractivity (Wildman–Crippen MR) is 76.2 cm³/mol. The van der Waals surface area contributed by atoms with Crippen molar-refractivity contribution < 1.29 is 14.3 Å². The van der Waals surface area contributed by atoms with E-state index in [4.69, 9.17) is 4.74 Å². The fourth-order valence-electron chi connectivity index (χ4n) is 4.87. The molecule has 1 amide bonds. The minimum absolute atomic E-state index is 0.0104. The second kappa shape index (κ2) is 4.72. The fourth-order valence-corrected chi connectivity index (χ4v) is 5.92. The number of ether oxygens (including phenoxy) is 1. The summed E-state index contributed by atoms with van der Waals surface area (Å²) in [6.45, 7) is 0. The van der Waals surface area contributed by atoms with E-state index in [0.717, 1.165) is 19.3 Å². The van der Waals surface area contributed by atoms with Crippen molar-refractivity contribution in [3.05, 3.63) is 0 Å². The maximum atomic E-state index is 12.6. The molecule has 2 bridgehead atoms. The number of esters is 1. The quantitative estimate of drug-likeness (QED) is 0.617. The largest absolute Gasteiger partial charge is 0.461 e. The van der Waals surface area contributed by atoms with Gasteiger partial charge in [0.15, 0.2) is 0 Å². The summed E-state index contributed by atoms with van der Waals surface area (Å²) in [5.74, 6) is 0.133. The van der Waals surface area contributed by atoms with Gasteiger partial charge in [-0.3, -0.25) is 9.59 Å². The first-order valence-electron chi connectivity index (χ1n) is 7.82. The van der Waals surface area contributed by atoms with E-state index >= 15 is 0 Å². The third-order valence-electron chi connectivity index (χ3n) is 5.78. The van der Waals surface area contributed by atoms with Gasteiger partial charge in [0.05, 0.1) is 16.7 Å². The number of rotatable bonds is 2. The summed E-state index contributed by atoms with van der Waals surface area (Å²) < 4.78 is 5.46. The monoisotopic (exact) mass is 341 g/mol. The smallest absolute Gasteiger partial charge is 0.310 e. The molecule has 0 aromatic rings. The van der Waals surface area contributed by atoms with E-state index in [1.807, 2.05) is 0 Å². The van der Waals surface area contributed by atoms with Gasteiger partial charge in [0, 0.05) is 12.0 Å². The molecule has 3 saturated carbocycles. The Bertz CT molecular complexity index is 448. The van der Waals surface area contributed by atoms with Crippen LogP contribution in [0.4, 0.5) is 0 Å². The van der Waals surface area contributed by atoms with Crippen LogP contribution in [0, 0.1) is 23.7 Å². The summed E-state index contributed by atoms with van der Waals surface area (Å²) in [7, 11) is 0. The van der Waals surface area contributed by atoms with Crippen LogP contribution in [0.3, 0.4) is 0 Å². The van der Waals surface area contributed by atoms with Crippen LogP contribution < -0.4 is 5.32 Å². The number of carbonyl (C=O) groups excluding carboxylic acids is 2. The van der Waals surface area contributed by atoms with E-state index in [2.05, 4.69) is 21.2 Å². The Labute approximate surface area is 127 Å². The summed E-state index contributed by atoms with van der Waals surface area (Å²) in [5, 5.41) is 3.20. The van der Waals surface area contributed by atoms with Crippen LogP contribution in [0.15, 0.2) is 0 Å². The molecule has 4 fully saturated rings. The second-order valence-corrected chi connectivity index (χ2v) is 7.86. The molecule has 20 heavy (non-hydrogen) atoms. The van der Waals surface area contributed by atoms with Crippen molar-refractivity contribution in [2.75, 3.05) is 0 Å². The van der Waals surface area contributed by atoms with Crippen molar-refractivity contribution in [2.45, 2.75) is 55.5 Å². The molecule has 1 aliphatic heterocycles. The zero-order chi connectivity index (χ0) is 13.9. The number of fused-ring (bicyclic) bond motifs is 1. The minimum atomic E-state index is -0.178. The fraction of sp³-hybridized carbons (Fsp3) is 0.867. The third-order valence-corrected chi connectivity index (χ3v) is 6.98. The van der Waals surface area contributed by atoms with Gasteiger partial charge in [-0.1, -0.05) is 35.2 Å². The maximum absolute atomic E-state index is 12.6. The Morgan fingerprint density at radius 2 is 1.95 bits per heavy atom. The van der Waals surface area contributed by atoms with Gasteiger partial charge in [-0.15, -0.1) is 0 Å². The first kappa shape index (κ1) is 13.1. The predicted octanol–water partition coefficient (Wildman–Crippen LogP) is 2.01. The van der Waals surface area contributed by atoms with E-state index in [-0.39, 0.29) is 46.5 Å². The Hall–Kier alpha value is -0.580. The Kier molecular flexibility index (Phi) is 3.09. The molecule has 5 heteroatoms. The average molecular weight is 342 g/mol. The zero-order valence-corrected chi connectivity index (χ0v) is 13.0. The molecule has 0 spiro atoms. The van der Waals surface area contributed by atoms with Gasteiger partial charge < -0.3 is 10.1 Å². The van der Waals surface area contributed by atoms with Crippen molar-refractivity contribution in [1.82, 2.24) is 5.32 Å². The van der Waals surface area contributed by atoms with E-state index < -0.39 is 0 Å². The van der Waals surface area contributed by atoms with E-state index in [1.54, 1.807) is 0 Å². The lowest BCUT2D eigenvalue weighted by atomic mass is 9.79. The summed E-state index contributed by atoms with van der Waals surface area (Å²) in [5.41, 5.74) is 0. The molecule has 110 valence electrons. The van der Waals surface area contributed by atoms with Crippen molar-refractivity contribution >= 4 is 27.8 Å². The highest BCUT2D eigenvalue weighted by molar-refractivity contribution is 9.09. The number of alkyl halides is 1. The van der Waals surface area contributed by atoms with Crippen molar-refractivity contribution in [1.29, 1.82) is 0 Å². The van der Waals surface area contributed by atoms with Crippen LogP contribution in [-0.4, -0.2) is 28.8 Å². The Balaban J connectivity index is 1.50. The van der Waals surface area contributed by atoms with Gasteiger partial charge in [0.1, 0.15) is 6.10 Å². The van der Waals surface area contributed by atoms with Crippen LogP contribution in [0.5, 0.6) is 0 Å². The van der Waals surface area contributed by atoms with Gasteiger partial charge >= 0.3 is 5.97 Å². The lowest BCUT2D eigenvalue weighted by Gasteiger charge is -2.30. The average Bonchev–Trinajstić information content (AvgIpc) is 3.04. The molecule has 1 saturated heterocycles. The molecule has 1 heterocycles. The lowest BCUT2D eigenvalue weighted by Crippen LogP contribution is -2.46. The molecular formula is C15H20BrNO3. The molecule has 6 atom stereocenters. The number of nitrogens with one attached hydrogen (secondary N) is 1. The van der Waals surface area contributed by atoms with Crippen LogP contribution in [0.2, 0.25) is 0 Å². The van der Waals surface area contributed by atoms with Crippen molar-refractivity contribution in [3.63, 3.8) is 0 Å². The molecule has 0 aromatic carbocycles. The van der Waals surface area contributed by atoms with Crippen molar-refractivity contribution in [3.8, 4) is 0 Å². The van der Waals surface area contributed by atoms with E-state index in [1.165, 1.54) is 19.3 Å². The summed E-state index contributed by atoms with van der Waals surface area (Å²) in [6, 6.07) is 0.317. The summed E-state index contributed by atoms with van der Waals surface area (Å²) in [4.78, 5) is 24.8. The SMILES string of the molecule is O=C(NC1CCCCC1)[C@@H]1[C@H]2C[C@H]3[C@H](OC(=O)[C@H]31)[C@H]2Br. The summed E-state index contributed by atoms with van der Waals surface area (Å²) in [6.07, 6.45) is 6.83. The van der Waals surface area contributed by atoms with Crippen LogP contribution >= 0.6 is 15.9 Å². The number of amides is 1. The molecule has 0 radical (unpaired) electrons. The first-order chi connectivity index (χ1) is 9.66. The molecule has 3 aliphatic carbocycles. The van der Waals surface area contributed by atoms with Gasteiger partial charge in [-0.2, -0.15) is 0 Å². The third kappa shape index (κ3) is 1.78. The standard InChI is InChI=1S/C15H20BrNO3/c16-12-8-6-9-11(15(19)20-13(9)12)10(8)14(18)17-7-4-2-1-3-5-7/h7-13H,1-6H2,(H,17,18)/t8-,9-,10-,11-,12+,13+/m1/s1. The normalized spacial score (nSPS) is 46.5. The van der Waals surface area contributed by atoms with Crippen LogP contribution in [-0.2, 0) is 14.3 Å². The Morgan fingerprint density at radius 1 is 1.20 bits per heavy atom. The first-order valence-corrected chi connectivity index (χ1v) is 8.73. The zero-order valence-electron chi connectivity index (χ0n) is 11.4. The van der Waals surface area contributed by atoms with Gasteiger partial charge in [-0.25, -0.2) is 0 Å². The highest BCUT2D eigenvalue weighted by Crippen LogP contribution is 2.59. The lowest BCUT2D eigenvalue weighted by molar-refractivity contribution is -0.146. The Morgan fingerprint density at radius 3 is 2.70 bits per heavy atom. The number of halogens is 1.